The van der Waals surface area contributed by atoms with E-state index in [1.54, 1.807) is 24.3 Å². The van der Waals surface area contributed by atoms with Crippen molar-refractivity contribution in [1.82, 2.24) is 10.0 Å². The number of hydrogen-bond donors (Lipinski definition) is 2. The van der Waals surface area contributed by atoms with Crippen molar-refractivity contribution in [2.24, 2.45) is 0 Å². The molecule has 11 heteroatoms. The van der Waals surface area contributed by atoms with Gasteiger partial charge in [0.2, 0.25) is 15.9 Å². The van der Waals surface area contributed by atoms with Crippen LogP contribution in [-0.4, -0.2) is 34.0 Å². The molecule has 0 aliphatic heterocycles. The van der Waals surface area contributed by atoms with Gasteiger partial charge in [-0.25, -0.2) is 13.1 Å². The van der Waals surface area contributed by atoms with Crippen LogP contribution in [0.15, 0.2) is 53.4 Å². The molecule has 0 unspecified atom stereocenters. The second kappa shape index (κ2) is 9.95. The average molecular weight is 451 g/mol. The van der Waals surface area contributed by atoms with Crippen molar-refractivity contribution in [2.75, 3.05) is 19.7 Å². The lowest BCUT2D eigenvalue weighted by Crippen LogP contribution is -2.32. The molecule has 0 atom stereocenters. The van der Waals surface area contributed by atoms with Gasteiger partial charge in [-0.15, -0.1) is 0 Å². The molecule has 1 amide bonds. The van der Waals surface area contributed by atoms with Crippen molar-refractivity contribution in [2.45, 2.75) is 17.5 Å². The van der Waals surface area contributed by atoms with Crippen LogP contribution in [0.1, 0.15) is 12.0 Å². The molecule has 2 N–H and O–H groups in total. The smallest absolute Gasteiger partial charge is 0.417 e. The van der Waals surface area contributed by atoms with Crippen molar-refractivity contribution in [1.29, 1.82) is 0 Å². The Morgan fingerprint density at radius 1 is 1.07 bits per heavy atom. The zero-order valence-corrected chi connectivity index (χ0v) is 16.6. The maximum atomic E-state index is 12.9. The van der Waals surface area contributed by atoms with Crippen molar-refractivity contribution < 1.29 is 31.1 Å². The summed E-state index contributed by atoms with van der Waals surface area (Å²) in [7, 11) is -4.23. The number of carbonyl (C=O) groups excluding carboxylic acids is 1. The third-order valence-electron chi connectivity index (χ3n) is 3.63. The van der Waals surface area contributed by atoms with Gasteiger partial charge in [0.25, 0.3) is 0 Å². The maximum absolute atomic E-state index is 12.9. The molecule has 158 valence electrons. The van der Waals surface area contributed by atoms with E-state index in [-0.39, 0.29) is 26.1 Å². The predicted molar refractivity (Wildman–Crippen MR) is 101 cm³/mol. The van der Waals surface area contributed by atoms with Crippen molar-refractivity contribution in [3.63, 3.8) is 0 Å². The largest absolute Gasteiger partial charge is 0.492 e. The van der Waals surface area contributed by atoms with E-state index < -0.39 is 37.6 Å². The first-order valence-electron chi connectivity index (χ1n) is 8.40. The van der Waals surface area contributed by atoms with E-state index >= 15 is 0 Å². The maximum Gasteiger partial charge on any atom is 0.417 e. The highest BCUT2D eigenvalue weighted by atomic mass is 35.5. The third kappa shape index (κ3) is 7.22. The Hall–Kier alpha value is -2.30. The monoisotopic (exact) mass is 450 g/mol. The first-order chi connectivity index (χ1) is 13.6. The van der Waals surface area contributed by atoms with Gasteiger partial charge in [-0.05, 0) is 30.3 Å². The quantitative estimate of drug-likeness (QED) is 0.574. The summed E-state index contributed by atoms with van der Waals surface area (Å²) in [6.07, 6.45) is -4.98. The number of benzene rings is 2. The van der Waals surface area contributed by atoms with Crippen LogP contribution in [0.3, 0.4) is 0 Å². The molecular formula is C18H18ClF3N2O4S. The topological polar surface area (TPSA) is 84.5 Å². The minimum atomic E-state index is -4.79. The minimum absolute atomic E-state index is 0.190. The SMILES string of the molecule is O=C(CCNS(=O)(=O)c1ccc(Cl)c(C(F)(F)F)c1)NCCOc1ccccc1. The van der Waals surface area contributed by atoms with Gasteiger partial charge in [0, 0.05) is 13.0 Å². The summed E-state index contributed by atoms with van der Waals surface area (Å²) >= 11 is 5.48. The Bertz CT molecular complexity index is 938. The van der Waals surface area contributed by atoms with Crippen LogP contribution in [0.25, 0.3) is 0 Å². The molecule has 2 rings (SSSR count). The first-order valence-corrected chi connectivity index (χ1v) is 10.3. The standard InChI is InChI=1S/C18H18ClF3N2O4S/c19-16-7-6-14(12-15(16)18(20,21)22)29(26,27)24-9-8-17(25)23-10-11-28-13-4-2-1-3-5-13/h1-7,12,24H,8-11H2,(H,23,25). The number of carbonyl (C=O) groups is 1. The fourth-order valence-electron chi connectivity index (χ4n) is 2.24. The van der Waals surface area contributed by atoms with Gasteiger partial charge in [-0.1, -0.05) is 29.8 Å². The number of alkyl halides is 3. The van der Waals surface area contributed by atoms with Crippen molar-refractivity contribution >= 4 is 27.5 Å². The lowest BCUT2D eigenvalue weighted by Gasteiger charge is -2.12. The average Bonchev–Trinajstić information content (AvgIpc) is 2.65. The highest BCUT2D eigenvalue weighted by Crippen LogP contribution is 2.35. The molecule has 0 saturated heterocycles. The van der Waals surface area contributed by atoms with Gasteiger partial charge in [0.05, 0.1) is 22.0 Å². The van der Waals surface area contributed by atoms with Crippen LogP contribution >= 0.6 is 11.6 Å². The highest BCUT2D eigenvalue weighted by Gasteiger charge is 2.34. The number of hydrogen-bond acceptors (Lipinski definition) is 4. The van der Waals surface area contributed by atoms with Crippen LogP contribution in [-0.2, 0) is 21.0 Å². The Morgan fingerprint density at radius 3 is 2.41 bits per heavy atom. The van der Waals surface area contributed by atoms with Crippen LogP contribution < -0.4 is 14.8 Å². The number of amides is 1. The molecule has 0 radical (unpaired) electrons. The molecule has 29 heavy (non-hydrogen) atoms. The molecule has 0 bridgehead atoms. The predicted octanol–water partition coefficient (Wildman–Crippen LogP) is 3.22. The number of halogens is 4. The lowest BCUT2D eigenvalue weighted by atomic mass is 10.2. The molecule has 0 aliphatic rings. The normalized spacial score (nSPS) is 11.9. The molecular weight excluding hydrogens is 433 g/mol. The van der Waals surface area contributed by atoms with Gasteiger partial charge in [0.15, 0.2) is 0 Å². The Morgan fingerprint density at radius 2 is 1.76 bits per heavy atom. The molecule has 6 nitrogen and oxygen atoms in total. The summed E-state index contributed by atoms with van der Waals surface area (Å²) in [4.78, 5) is 11.1. The summed E-state index contributed by atoms with van der Waals surface area (Å²) in [6.45, 7) is 0.163. The zero-order chi connectivity index (χ0) is 21.5. The van der Waals surface area contributed by atoms with Crippen LogP contribution in [0.2, 0.25) is 5.02 Å². The van der Waals surface area contributed by atoms with Crippen LogP contribution in [0.5, 0.6) is 5.75 Å². The Kier molecular flexibility index (Phi) is 7.88. The van der Waals surface area contributed by atoms with E-state index in [1.807, 2.05) is 6.07 Å². The summed E-state index contributed by atoms with van der Waals surface area (Å²) in [5.74, 6) is 0.215. The number of nitrogens with one attached hydrogen (secondary N) is 2. The van der Waals surface area contributed by atoms with E-state index in [1.165, 1.54) is 0 Å². The van der Waals surface area contributed by atoms with E-state index in [0.29, 0.717) is 11.8 Å². The van der Waals surface area contributed by atoms with Gasteiger partial charge < -0.3 is 10.1 Å². The second-order valence-corrected chi connectivity index (χ2v) is 7.97. The van der Waals surface area contributed by atoms with Crippen molar-refractivity contribution in [3.8, 4) is 5.75 Å². The van der Waals surface area contributed by atoms with E-state index in [2.05, 4.69) is 10.0 Å². The summed E-state index contributed by atoms with van der Waals surface area (Å²) < 4.78 is 70.4. The Balaban J connectivity index is 1.79. The molecule has 2 aromatic carbocycles. The van der Waals surface area contributed by atoms with Gasteiger partial charge >= 0.3 is 6.18 Å². The molecule has 0 fully saturated rings. The van der Waals surface area contributed by atoms with Gasteiger partial charge in [0.1, 0.15) is 12.4 Å². The van der Waals surface area contributed by atoms with Crippen molar-refractivity contribution in [3.05, 3.63) is 59.1 Å². The second-order valence-electron chi connectivity index (χ2n) is 5.80. The lowest BCUT2D eigenvalue weighted by molar-refractivity contribution is -0.137. The molecule has 0 saturated carbocycles. The molecule has 0 spiro atoms. The van der Waals surface area contributed by atoms with Gasteiger partial charge in [-0.3, -0.25) is 4.79 Å². The fourth-order valence-corrected chi connectivity index (χ4v) is 3.52. The molecule has 0 aliphatic carbocycles. The van der Waals surface area contributed by atoms with E-state index in [9.17, 15) is 26.4 Å². The van der Waals surface area contributed by atoms with Crippen LogP contribution in [0.4, 0.5) is 13.2 Å². The number of ether oxygens (including phenoxy) is 1. The molecule has 0 aromatic heterocycles. The first kappa shape index (κ1) is 23.0. The van der Waals surface area contributed by atoms with Crippen LogP contribution in [0, 0.1) is 0 Å². The Labute approximate surface area is 171 Å². The molecule has 2 aromatic rings. The number of rotatable bonds is 9. The highest BCUT2D eigenvalue weighted by molar-refractivity contribution is 7.89. The zero-order valence-electron chi connectivity index (χ0n) is 15.0. The summed E-state index contributed by atoms with van der Waals surface area (Å²) in [6, 6.07) is 11.2. The van der Waals surface area contributed by atoms with Gasteiger partial charge in [-0.2, -0.15) is 13.2 Å². The summed E-state index contributed by atoms with van der Waals surface area (Å²) in [5.41, 5.74) is -1.25. The fraction of sp³-hybridized carbons (Fsp3) is 0.278. The summed E-state index contributed by atoms with van der Waals surface area (Å²) in [5, 5.41) is 1.95. The molecule has 0 heterocycles. The third-order valence-corrected chi connectivity index (χ3v) is 5.42. The van der Waals surface area contributed by atoms with E-state index in [4.69, 9.17) is 16.3 Å². The van der Waals surface area contributed by atoms with E-state index in [0.717, 1.165) is 12.1 Å². The number of para-hydroxylation sites is 1. The number of sulfonamides is 1. The minimum Gasteiger partial charge on any atom is -0.492 e.